The van der Waals surface area contributed by atoms with Crippen molar-refractivity contribution < 1.29 is 9.90 Å². The molecule has 200 valence electrons. The van der Waals surface area contributed by atoms with E-state index in [4.69, 9.17) is 5.73 Å². The van der Waals surface area contributed by atoms with Gasteiger partial charge in [-0.2, -0.15) is 5.26 Å². The van der Waals surface area contributed by atoms with Gasteiger partial charge in [-0.3, -0.25) is 14.6 Å². The van der Waals surface area contributed by atoms with E-state index in [1.54, 1.807) is 13.1 Å². The molecule has 0 spiro atoms. The first-order valence-corrected chi connectivity index (χ1v) is 14.0. The number of carbonyl (C=O) groups excluding carboxylic acids is 1. The fourth-order valence-corrected chi connectivity index (χ4v) is 6.84. The fourth-order valence-electron chi connectivity index (χ4n) is 5.81. The molecule has 0 radical (unpaired) electrons. The van der Waals surface area contributed by atoms with Gasteiger partial charge >= 0.3 is 0 Å². The summed E-state index contributed by atoms with van der Waals surface area (Å²) in [7, 11) is 1.60. The summed E-state index contributed by atoms with van der Waals surface area (Å²) in [6, 6.07) is 30.1. The van der Waals surface area contributed by atoms with Gasteiger partial charge in [0.15, 0.2) is 0 Å². The van der Waals surface area contributed by atoms with Gasteiger partial charge in [-0.05, 0) is 39.8 Å². The summed E-state index contributed by atoms with van der Waals surface area (Å²) >= 11 is 1.50. The van der Waals surface area contributed by atoms with E-state index in [0.717, 1.165) is 27.2 Å². The molecule has 7 nitrogen and oxygen atoms in total. The Bertz CT molecular complexity index is 1550. The molecule has 3 aromatic carbocycles. The van der Waals surface area contributed by atoms with Crippen LogP contribution in [0.5, 0.6) is 0 Å². The van der Waals surface area contributed by atoms with E-state index in [1.807, 2.05) is 60.0 Å². The molecule has 0 aromatic heterocycles. The van der Waals surface area contributed by atoms with Gasteiger partial charge in [0.2, 0.25) is 11.9 Å². The molecule has 0 saturated carbocycles. The van der Waals surface area contributed by atoms with Crippen LogP contribution in [0.25, 0.3) is 5.57 Å². The third-order valence-electron chi connectivity index (χ3n) is 7.86. The van der Waals surface area contributed by atoms with Gasteiger partial charge in [-0.25, -0.2) is 4.99 Å². The summed E-state index contributed by atoms with van der Waals surface area (Å²) in [5.41, 5.74) is 10.2. The van der Waals surface area contributed by atoms with Crippen molar-refractivity contribution in [3.63, 3.8) is 0 Å². The quantitative estimate of drug-likeness (QED) is 0.488. The molecule has 8 heteroatoms. The van der Waals surface area contributed by atoms with E-state index in [9.17, 15) is 15.2 Å². The van der Waals surface area contributed by atoms with Gasteiger partial charge in [-0.1, -0.05) is 84.6 Å². The maximum Gasteiger partial charge on any atom is 0.241 e. The predicted octanol–water partition coefficient (Wildman–Crippen LogP) is 4.49. The minimum atomic E-state index is -1.30. The van der Waals surface area contributed by atoms with E-state index in [-0.39, 0.29) is 17.9 Å². The van der Waals surface area contributed by atoms with Crippen LogP contribution in [0.2, 0.25) is 0 Å². The van der Waals surface area contributed by atoms with Gasteiger partial charge in [0, 0.05) is 31.5 Å². The van der Waals surface area contributed by atoms with E-state index in [2.05, 4.69) is 40.2 Å². The molecular formula is C32H29N5O2S. The standard InChI is InChI=1S/C32H29N5O2S/c1-36-30(38)27(28(35-31(36)34)26-16-25(18-40-26)24-14-8-9-21(15-24)17-33)32(39)19-37(20-32)29(22-10-4-2-5-11-22)23-12-6-3-7-13-23/h2-15,18,27,29,39H,16,19-20H2,1H3,(H2,34,35)/b28-26+. The zero-order valence-corrected chi connectivity index (χ0v) is 22.9. The number of β-amino-alcohol motifs (C(OH)–C–C–N with tert-alkyl or cyclic N) is 1. The molecule has 3 aromatic rings. The van der Waals surface area contributed by atoms with Gasteiger partial charge < -0.3 is 10.8 Å². The first-order valence-electron chi connectivity index (χ1n) is 13.2. The van der Waals surface area contributed by atoms with Crippen molar-refractivity contribution in [1.82, 2.24) is 9.80 Å². The Labute approximate surface area is 237 Å². The first-order chi connectivity index (χ1) is 19.4. The molecular weight excluding hydrogens is 518 g/mol. The van der Waals surface area contributed by atoms with Crippen LogP contribution in [-0.2, 0) is 4.79 Å². The van der Waals surface area contributed by atoms with Crippen molar-refractivity contribution in [2.45, 2.75) is 18.1 Å². The van der Waals surface area contributed by atoms with Gasteiger partial charge in [0.1, 0.15) is 11.5 Å². The lowest BCUT2D eigenvalue weighted by Gasteiger charge is -2.54. The molecule has 3 aliphatic rings. The molecule has 0 aliphatic carbocycles. The van der Waals surface area contributed by atoms with Crippen LogP contribution in [0.4, 0.5) is 0 Å². The average Bonchev–Trinajstić information content (AvgIpc) is 3.46. The van der Waals surface area contributed by atoms with Crippen LogP contribution < -0.4 is 5.73 Å². The summed E-state index contributed by atoms with van der Waals surface area (Å²) in [6.07, 6.45) is 0.551. The van der Waals surface area contributed by atoms with Crippen LogP contribution in [-0.4, -0.2) is 52.5 Å². The average molecular weight is 548 g/mol. The predicted molar refractivity (Wildman–Crippen MR) is 158 cm³/mol. The molecule has 3 aliphatic heterocycles. The van der Waals surface area contributed by atoms with Gasteiger partial charge in [-0.15, -0.1) is 0 Å². The zero-order valence-electron chi connectivity index (χ0n) is 22.1. The number of hydrogen-bond donors (Lipinski definition) is 2. The number of likely N-dealkylation sites (tertiary alicyclic amines) is 1. The largest absolute Gasteiger partial charge is 0.386 e. The number of allylic oxidation sites excluding steroid dienone is 2. The summed E-state index contributed by atoms with van der Waals surface area (Å²) in [5.74, 6) is -0.974. The van der Waals surface area contributed by atoms with Crippen LogP contribution in [0, 0.1) is 17.2 Å². The molecule has 1 atom stereocenters. The lowest BCUT2D eigenvalue weighted by molar-refractivity contribution is -0.162. The Morgan fingerprint density at radius 1 is 1.05 bits per heavy atom. The Morgan fingerprint density at radius 2 is 1.70 bits per heavy atom. The Balaban J connectivity index is 1.31. The second-order valence-electron chi connectivity index (χ2n) is 10.5. The van der Waals surface area contributed by atoms with Gasteiger partial charge in [0.25, 0.3) is 0 Å². The molecule has 1 unspecified atom stereocenters. The van der Waals surface area contributed by atoms with Gasteiger partial charge in [0.05, 0.1) is 23.4 Å². The third-order valence-corrected chi connectivity index (χ3v) is 8.90. The number of nitrogens with two attached hydrogens (primary N) is 1. The van der Waals surface area contributed by atoms with Crippen molar-refractivity contribution in [3.8, 4) is 6.07 Å². The molecule has 3 heterocycles. The van der Waals surface area contributed by atoms with E-state index < -0.39 is 11.5 Å². The normalized spacial score (nSPS) is 22.5. The fraction of sp³-hybridized carbons (Fsp3) is 0.219. The van der Waals surface area contributed by atoms with Crippen molar-refractivity contribution in [3.05, 3.63) is 123 Å². The SMILES string of the molecule is CN1C(=O)C(C2(O)CN(C(c3ccccc3)c3ccccc3)C2)/C(=C2/CC(c3cccc(C#N)c3)=CS2)N=C1N. The Morgan fingerprint density at radius 3 is 2.33 bits per heavy atom. The van der Waals surface area contributed by atoms with E-state index in [1.165, 1.54) is 16.7 Å². The number of aliphatic hydroxyl groups is 1. The Kier molecular flexibility index (Phi) is 6.80. The first kappa shape index (κ1) is 26.1. The second kappa shape index (κ2) is 10.4. The lowest BCUT2D eigenvalue weighted by Crippen LogP contribution is -2.69. The highest BCUT2D eigenvalue weighted by atomic mass is 32.2. The van der Waals surface area contributed by atoms with Crippen LogP contribution in [0.3, 0.4) is 0 Å². The Hall–Kier alpha value is -4.16. The number of rotatable bonds is 5. The monoisotopic (exact) mass is 547 g/mol. The van der Waals surface area contributed by atoms with Crippen LogP contribution >= 0.6 is 11.8 Å². The number of hydrogen-bond acceptors (Lipinski definition) is 7. The zero-order chi connectivity index (χ0) is 27.9. The molecule has 6 rings (SSSR count). The van der Waals surface area contributed by atoms with Crippen molar-refractivity contribution in [1.29, 1.82) is 5.26 Å². The minimum Gasteiger partial charge on any atom is -0.386 e. The molecule has 40 heavy (non-hydrogen) atoms. The van der Waals surface area contributed by atoms with E-state index >= 15 is 0 Å². The molecule has 1 amide bonds. The number of aliphatic imine (C=N–C) groups is 1. The number of thioether (sulfide) groups is 1. The maximum absolute atomic E-state index is 13.7. The highest BCUT2D eigenvalue weighted by Crippen LogP contribution is 2.48. The molecule has 1 fully saturated rings. The third kappa shape index (κ3) is 4.62. The summed E-state index contributed by atoms with van der Waals surface area (Å²) in [5, 5.41) is 23.4. The number of guanidine groups is 1. The highest BCUT2D eigenvalue weighted by molar-refractivity contribution is 8.06. The molecule has 0 bridgehead atoms. The summed E-state index contributed by atoms with van der Waals surface area (Å²) < 4.78 is 0. The van der Waals surface area contributed by atoms with Crippen molar-refractivity contribution >= 4 is 29.2 Å². The summed E-state index contributed by atoms with van der Waals surface area (Å²) in [6.45, 7) is 0.625. The molecule has 3 N–H and O–H groups in total. The lowest BCUT2D eigenvalue weighted by atomic mass is 9.75. The number of nitriles is 1. The summed E-state index contributed by atoms with van der Waals surface area (Å²) in [4.78, 5) is 22.8. The molecule has 1 saturated heterocycles. The van der Waals surface area contributed by atoms with Crippen LogP contribution in [0.1, 0.15) is 34.7 Å². The smallest absolute Gasteiger partial charge is 0.241 e. The number of amides is 1. The second-order valence-corrected chi connectivity index (χ2v) is 11.4. The maximum atomic E-state index is 13.7. The van der Waals surface area contributed by atoms with Crippen LogP contribution in [0.15, 0.2) is 106 Å². The topological polar surface area (TPSA) is 106 Å². The van der Waals surface area contributed by atoms with Crippen molar-refractivity contribution in [2.75, 3.05) is 20.1 Å². The minimum absolute atomic E-state index is 0.0506. The highest BCUT2D eigenvalue weighted by Gasteiger charge is 2.56. The number of nitrogens with zero attached hydrogens (tertiary/aromatic N) is 4. The van der Waals surface area contributed by atoms with Crippen molar-refractivity contribution in [2.24, 2.45) is 16.6 Å². The van der Waals surface area contributed by atoms with E-state index in [0.29, 0.717) is 30.8 Å². The number of benzene rings is 3. The number of carbonyl (C=O) groups is 1.